The van der Waals surface area contributed by atoms with Crippen molar-refractivity contribution < 1.29 is 8.78 Å². The molecule has 0 aliphatic carbocycles. The summed E-state index contributed by atoms with van der Waals surface area (Å²) in [5, 5.41) is 0. The summed E-state index contributed by atoms with van der Waals surface area (Å²) in [6.45, 7) is 3.52. The van der Waals surface area contributed by atoms with Gasteiger partial charge in [0.25, 0.3) is 0 Å². The fourth-order valence-electron chi connectivity index (χ4n) is 1.06. The highest BCUT2D eigenvalue weighted by molar-refractivity contribution is 5.21. The van der Waals surface area contributed by atoms with Gasteiger partial charge in [0.15, 0.2) is 11.6 Å². The first kappa shape index (κ1) is 9.86. The van der Waals surface area contributed by atoms with Crippen LogP contribution in [-0.2, 0) is 0 Å². The predicted molar refractivity (Wildman–Crippen MR) is 48.1 cm³/mol. The zero-order chi connectivity index (χ0) is 9.84. The minimum absolute atomic E-state index is 0.312. The second-order valence-electron chi connectivity index (χ2n) is 2.80. The van der Waals surface area contributed by atoms with Crippen LogP contribution >= 0.6 is 0 Å². The zero-order valence-corrected chi connectivity index (χ0v) is 7.13. The lowest BCUT2D eigenvalue weighted by molar-refractivity contribution is 0.505. The maximum Gasteiger partial charge on any atom is 0.159 e. The lowest BCUT2D eigenvalue weighted by Crippen LogP contribution is -2.09. The minimum Gasteiger partial charge on any atom is -0.324 e. The Hall–Kier alpha value is -1.22. The Balaban J connectivity index is 2.89. The summed E-state index contributed by atoms with van der Waals surface area (Å²) >= 11 is 0. The van der Waals surface area contributed by atoms with Crippen LogP contribution in [0.25, 0.3) is 0 Å². The molecule has 0 spiro atoms. The molecule has 0 aliphatic rings. The number of benzene rings is 1. The summed E-state index contributed by atoms with van der Waals surface area (Å²) < 4.78 is 25.2. The Morgan fingerprint density at radius 3 is 2.62 bits per heavy atom. The van der Waals surface area contributed by atoms with E-state index in [9.17, 15) is 8.78 Å². The van der Waals surface area contributed by atoms with E-state index in [0.717, 1.165) is 12.1 Å². The van der Waals surface area contributed by atoms with E-state index in [1.807, 2.05) is 0 Å². The lowest BCUT2D eigenvalue weighted by Gasteiger charge is -2.08. The molecule has 0 aromatic heterocycles. The first-order valence-corrected chi connectivity index (χ1v) is 3.96. The van der Waals surface area contributed by atoms with Crippen molar-refractivity contribution in [2.45, 2.75) is 12.5 Å². The van der Waals surface area contributed by atoms with E-state index in [0.29, 0.717) is 12.0 Å². The first-order chi connectivity index (χ1) is 6.15. The van der Waals surface area contributed by atoms with Gasteiger partial charge in [0, 0.05) is 6.04 Å². The van der Waals surface area contributed by atoms with Crippen LogP contribution < -0.4 is 5.73 Å². The molecule has 3 heteroatoms. The number of nitrogens with two attached hydrogens (primary N) is 1. The fourth-order valence-corrected chi connectivity index (χ4v) is 1.06. The molecule has 0 fully saturated rings. The minimum atomic E-state index is -0.864. The van der Waals surface area contributed by atoms with Crippen molar-refractivity contribution in [1.29, 1.82) is 0 Å². The van der Waals surface area contributed by atoms with Crippen molar-refractivity contribution in [3.8, 4) is 0 Å². The molecule has 13 heavy (non-hydrogen) atoms. The molecule has 0 bridgehead atoms. The maximum absolute atomic E-state index is 12.7. The molecule has 0 radical (unpaired) electrons. The monoisotopic (exact) mass is 183 g/mol. The quantitative estimate of drug-likeness (QED) is 0.716. The van der Waals surface area contributed by atoms with Crippen LogP contribution in [0.2, 0.25) is 0 Å². The summed E-state index contributed by atoms with van der Waals surface area (Å²) in [5.41, 5.74) is 6.25. The molecule has 70 valence electrons. The molecule has 1 atom stereocenters. The summed E-state index contributed by atoms with van der Waals surface area (Å²) in [4.78, 5) is 0. The molecule has 0 saturated carbocycles. The molecule has 1 aromatic carbocycles. The van der Waals surface area contributed by atoms with Crippen molar-refractivity contribution in [1.82, 2.24) is 0 Å². The standard InChI is InChI=1S/C10H11F2N/c1-2-3-10(13)7-4-5-8(11)9(12)6-7/h2,4-6,10H,1,3,13H2/t10-/m0/s1. The third kappa shape index (κ3) is 2.36. The van der Waals surface area contributed by atoms with E-state index in [4.69, 9.17) is 5.73 Å². The van der Waals surface area contributed by atoms with Gasteiger partial charge in [-0.2, -0.15) is 0 Å². The number of rotatable bonds is 3. The lowest BCUT2D eigenvalue weighted by atomic mass is 10.0. The largest absolute Gasteiger partial charge is 0.324 e. The van der Waals surface area contributed by atoms with Crippen molar-refractivity contribution in [3.05, 3.63) is 48.1 Å². The maximum atomic E-state index is 12.7. The molecular formula is C10H11F2N. The molecule has 0 aliphatic heterocycles. The molecule has 1 aromatic rings. The van der Waals surface area contributed by atoms with Gasteiger partial charge in [0.1, 0.15) is 0 Å². The molecular weight excluding hydrogens is 172 g/mol. The second kappa shape index (κ2) is 4.14. The van der Waals surface area contributed by atoms with Gasteiger partial charge in [-0.1, -0.05) is 12.1 Å². The van der Waals surface area contributed by atoms with Crippen LogP contribution in [0.15, 0.2) is 30.9 Å². The van der Waals surface area contributed by atoms with Crippen LogP contribution in [0.4, 0.5) is 8.78 Å². The van der Waals surface area contributed by atoms with Crippen molar-refractivity contribution in [2.75, 3.05) is 0 Å². The average molecular weight is 183 g/mol. The van der Waals surface area contributed by atoms with Crippen LogP contribution in [0.5, 0.6) is 0 Å². The Bertz CT molecular complexity index is 310. The number of hydrogen-bond donors (Lipinski definition) is 1. The first-order valence-electron chi connectivity index (χ1n) is 3.96. The Labute approximate surface area is 75.9 Å². The van der Waals surface area contributed by atoms with Crippen LogP contribution in [0, 0.1) is 11.6 Å². The van der Waals surface area contributed by atoms with Crippen molar-refractivity contribution >= 4 is 0 Å². The Kier molecular flexibility index (Phi) is 3.14. The zero-order valence-electron chi connectivity index (χ0n) is 7.13. The topological polar surface area (TPSA) is 26.0 Å². The third-order valence-electron chi connectivity index (χ3n) is 1.79. The summed E-state index contributed by atoms with van der Waals surface area (Å²) in [6, 6.07) is 3.36. The van der Waals surface area contributed by atoms with Crippen LogP contribution in [-0.4, -0.2) is 0 Å². The van der Waals surface area contributed by atoms with E-state index >= 15 is 0 Å². The van der Waals surface area contributed by atoms with Gasteiger partial charge in [-0.15, -0.1) is 6.58 Å². The van der Waals surface area contributed by atoms with Gasteiger partial charge in [-0.05, 0) is 24.1 Å². The molecule has 2 N–H and O–H groups in total. The highest BCUT2D eigenvalue weighted by Gasteiger charge is 2.07. The molecule has 0 heterocycles. The molecule has 0 amide bonds. The van der Waals surface area contributed by atoms with Gasteiger partial charge < -0.3 is 5.73 Å². The van der Waals surface area contributed by atoms with E-state index in [-0.39, 0.29) is 6.04 Å². The van der Waals surface area contributed by atoms with Gasteiger partial charge in [0.2, 0.25) is 0 Å². The van der Waals surface area contributed by atoms with Crippen LogP contribution in [0.3, 0.4) is 0 Å². The number of hydrogen-bond acceptors (Lipinski definition) is 1. The molecule has 1 nitrogen and oxygen atoms in total. The molecule has 1 rings (SSSR count). The van der Waals surface area contributed by atoms with E-state index in [2.05, 4.69) is 6.58 Å². The second-order valence-corrected chi connectivity index (χ2v) is 2.80. The van der Waals surface area contributed by atoms with Crippen LogP contribution in [0.1, 0.15) is 18.0 Å². The fraction of sp³-hybridized carbons (Fsp3) is 0.200. The van der Waals surface area contributed by atoms with Crippen molar-refractivity contribution in [2.24, 2.45) is 5.73 Å². The average Bonchev–Trinajstić information content (AvgIpc) is 2.10. The van der Waals surface area contributed by atoms with E-state index in [1.54, 1.807) is 6.08 Å². The predicted octanol–water partition coefficient (Wildman–Crippen LogP) is 2.54. The van der Waals surface area contributed by atoms with E-state index < -0.39 is 11.6 Å². The van der Waals surface area contributed by atoms with Gasteiger partial charge in [0.05, 0.1) is 0 Å². The van der Waals surface area contributed by atoms with Gasteiger partial charge in [-0.3, -0.25) is 0 Å². The van der Waals surface area contributed by atoms with Gasteiger partial charge >= 0.3 is 0 Å². The normalized spacial score (nSPS) is 12.5. The third-order valence-corrected chi connectivity index (χ3v) is 1.79. The SMILES string of the molecule is C=CC[C@H](N)c1ccc(F)c(F)c1. The molecule has 0 saturated heterocycles. The Morgan fingerprint density at radius 1 is 1.38 bits per heavy atom. The summed E-state index contributed by atoms with van der Waals surface area (Å²) in [7, 11) is 0. The Morgan fingerprint density at radius 2 is 2.08 bits per heavy atom. The highest BCUT2D eigenvalue weighted by Crippen LogP contribution is 2.16. The van der Waals surface area contributed by atoms with E-state index in [1.165, 1.54) is 6.07 Å². The summed E-state index contributed by atoms with van der Waals surface area (Å²) in [6.07, 6.45) is 2.19. The van der Waals surface area contributed by atoms with Gasteiger partial charge in [-0.25, -0.2) is 8.78 Å². The number of halogens is 2. The highest BCUT2D eigenvalue weighted by atomic mass is 19.2. The molecule has 0 unspecified atom stereocenters. The summed E-state index contributed by atoms with van der Waals surface area (Å²) in [5.74, 6) is -1.72. The smallest absolute Gasteiger partial charge is 0.159 e. The van der Waals surface area contributed by atoms with Crippen molar-refractivity contribution in [3.63, 3.8) is 0 Å².